The lowest BCUT2D eigenvalue weighted by molar-refractivity contribution is 0.453. The summed E-state index contributed by atoms with van der Waals surface area (Å²) in [5, 5.41) is 20.9. The quantitative estimate of drug-likeness (QED) is 0.398. The highest BCUT2D eigenvalue weighted by Crippen LogP contribution is 2.40. The molecule has 0 aliphatic carbocycles. The fraction of sp³-hybridized carbons (Fsp3) is 0.0952. The molecule has 8 nitrogen and oxygen atoms in total. The van der Waals surface area contributed by atoms with E-state index in [1.807, 2.05) is 0 Å². The predicted molar refractivity (Wildman–Crippen MR) is 121 cm³/mol. The molecule has 2 aromatic carbocycles. The average Bonchev–Trinajstić information content (AvgIpc) is 2.72. The number of fused-ring (bicyclic) bond motifs is 1. The zero-order valence-electron chi connectivity index (χ0n) is 16.1. The van der Waals surface area contributed by atoms with E-state index in [1.54, 1.807) is 24.3 Å². The normalized spacial score (nSPS) is 11.7. The van der Waals surface area contributed by atoms with Gasteiger partial charge in [-0.05, 0) is 24.1 Å². The van der Waals surface area contributed by atoms with Gasteiger partial charge in [-0.2, -0.15) is 0 Å². The van der Waals surface area contributed by atoms with E-state index in [9.17, 15) is 23.4 Å². The van der Waals surface area contributed by atoms with Gasteiger partial charge >= 0.3 is 0 Å². The van der Waals surface area contributed by atoms with E-state index in [2.05, 4.69) is 9.97 Å². The first kappa shape index (κ1) is 22.1. The molecule has 2 N–H and O–H groups in total. The standard InChI is InChI=1S/C21H14Cl2N2O6S/c22-13-4-2-1-3-12(13)17-8-16(28)18-14(26)7-15(27)19(20(18)31-17)21-24-9-11(10-25-21)5-6-32(23,29)30/h1-4,7-10,26-27H,5-6H2. The molecule has 4 aromatic rings. The molecule has 0 atom stereocenters. The summed E-state index contributed by atoms with van der Waals surface area (Å²) in [4.78, 5) is 21.1. The lowest BCUT2D eigenvalue weighted by atomic mass is 10.1. The van der Waals surface area contributed by atoms with Gasteiger partial charge in [0.05, 0.1) is 10.8 Å². The van der Waals surface area contributed by atoms with E-state index in [0.29, 0.717) is 16.1 Å². The Kier molecular flexibility index (Phi) is 5.81. The van der Waals surface area contributed by atoms with Gasteiger partial charge in [-0.25, -0.2) is 18.4 Å². The van der Waals surface area contributed by atoms with Gasteiger partial charge in [0.1, 0.15) is 28.2 Å². The van der Waals surface area contributed by atoms with Crippen LogP contribution in [0.2, 0.25) is 5.02 Å². The minimum absolute atomic E-state index is 0.00411. The van der Waals surface area contributed by atoms with E-state index >= 15 is 0 Å². The molecule has 0 amide bonds. The monoisotopic (exact) mass is 492 g/mol. The van der Waals surface area contributed by atoms with Gasteiger partial charge in [0.25, 0.3) is 0 Å². The average molecular weight is 493 g/mol. The number of rotatable bonds is 5. The van der Waals surface area contributed by atoms with E-state index in [1.165, 1.54) is 18.5 Å². The first-order valence-electron chi connectivity index (χ1n) is 9.15. The Hall–Kier alpha value is -3.14. The SMILES string of the molecule is O=c1cc(-c2ccccc2Cl)oc2c(-c3ncc(CCS(=O)(=O)Cl)cn3)c(O)cc(O)c12. The van der Waals surface area contributed by atoms with Gasteiger partial charge < -0.3 is 14.6 Å². The Bertz CT molecular complexity index is 1500. The second-order valence-corrected chi connectivity index (χ2v) is 10.2. The number of halogens is 2. The van der Waals surface area contributed by atoms with Crippen LogP contribution in [0, 0.1) is 0 Å². The lowest BCUT2D eigenvalue weighted by Crippen LogP contribution is -2.04. The minimum atomic E-state index is -3.68. The van der Waals surface area contributed by atoms with Crippen molar-refractivity contribution in [3.05, 3.63) is 69.6 Å². The first-order chi connectivity index (χ1) is 15.1. The lowest BCUT2D eigenvalue weighted by Gasteiger charge is -2.11. The molecule has 2 aromatic heterocycles. The number of nitrogens with zero attached hydrogens (tertiary/aromatic N) is 2. The largest absolute Gasteiger partial charge is 0.507 e. The van der Waals surface area contributed by atoms with Gasteiger partial charge in [0.2, 0.25) is 9.05 Å². The number of aromatic hydroxyl groups is 2. The molecule has 0 fully saturated rings. The number of phenols is 2. The Balaban J connectivity index is 1.89. The zero-order valence-corrected chi connectivity index (χ0v) is 18.4. The molecule has 0 bridgehead atoms. The number of aromatic nitrogens is 2. The van der Waals surface area contributed by atoms with Crippen molar-refractivity contribution >= 4 is 42.3 Å². The number of phenolic OH excluding ortho intramolecular Hbond substituents is 2. The van der Waals surface area contributed by atoms with Crippen LogP contribution in [0.1, 0.15) is 5.56 Å². The number of aryl methyl sites for hydroxylation is 1. The van der Waals surface area contributed by atoms with Gasteiger partial charge in [-0.3, -0.25) is 4.79 Å². The van der Waals surface area contributed by atoms with E-state index in [-0.39, 0.29) is 40.3 Å². The predicted octanol–water partition coefficient (Wildman–Crippen LogP) is 4.09. The van der Waals surface area contributed by atoms with Gasteiger partial charge in [0, 0.05) is 40.8 Å². The molecular formula is C21H14Cl2N2O6S. The molecule has 0 aliphatic rings. The van der Waals surface area contributed by atoms with E-state index in [0.717, 1.165) is 6.07 Å². The molecule has 2 heterocycles. The van der Waals surface area contributed by atoms with Crippen molar-refractivity contribution in [1.29, 1.82) is 0 Å². The summed E-state index contributed by atoms with van der Waals surface area (Å²) < 4.78 is 28.2. The Morgan fingerprint density at radius 3 is 2.38 bits per heavy atom. The fourth-order valence-electron chi connectivity index (χ4n) is 3.16. The van der Waals surface area contributed by atoms with E-state index in [4.69, 9.17) is 26.7 Å². The van der Waals surface area contributed by atoms with Gasteiger partial charge in [0.15, 0.2) is 16.8 Å². The molecule has 0 unspecified atom stereocenters. The van der Waals surface area contributed by atoms with Crippen LogP contribution >= 0.6 is 22.3 Å². The molecule has 0 radical (unpaired) electrons. The highest BCUT2D eigenvalue weighted by molar-refractivity contribution is 8.13. The molecule has 32 heavy (non-hydrogen) atoms. The van der Waals surface area contributed by atoms with Crippen LogP contribution in [-0.4, -0.2) is 34.4 Å². The maximum Gasteiger partial charge on any atom is 0.232 e. The van der Waals surface area contributed by atoms with Crippen LogP contribution in [0.25, 0.3) is 33.7 Å². The number of hydrogen-bond donors (Lipinski definition) is 2. The van der Waals surface area contributed by atoms with Crippen LogP contribution in [-0.2, 0) is 15.5 Å². The molecule has 4 rings (SSSR count). The molecule has 0 aliphatic heterocycles. The third-order valence-corrected chi connectivity index (χ3v) is 6.15. The second-order valence-electron chi connectivity index (χ2n) is 6.86. The third kappa shape index (κ3) is 4.40. The molecule has 164 valence electrons. The summed E-state index contributed by atoms with van der Waals surface area (Å²) >= 11 is 6.22. The van der Waals surface area contributed by atoms with Crippen LogP contribution in [0.3, 0.4) is 0 Å². The summed E-state index contributed by atoms with van der Waals surface area (Å²) in [5.74, 6) is -1.04. The molecular weight excluding hydrogens is 479 g/mol. The fourth-order valence-corrected chi connectivity index (χ4v) is 4.10. The van der Waals surface area contributed by atoms with Crippen LogP contribution in [0.4, 0.5) is 0 Å². The maximum absolute atomic E-state index is 12.8. The summed E-state index contributed by atoms with van der Waals surface area (Å²) in [5.41, 5.74) is 0.254. The maximum atomic E-state index is 12.8. The Morgan fingerprint density at radius 2 is 1.72 bits per heavy atom. The van der Waals surface area contributed by atoms with Gasteiger partial charge in [-0.1, -0.05) is 23.7 Å². The highest BCUT2D eigenvalue weighted by Gasteiger charge is 2.22. The van der Waals surface area contributed by atoms with Crippen molar-refractivity contribution in [2.75, 3.05) is 5.75 Å². The van der Waals surface area contributed by atoms with Crippen molar-refractivity contribution in [3.63, 3.8) is 0 Å². The van der Waals surface area contributed by atoms with Crippen molar-refractivity contribution in [2.45, 2.75) is 6.42 Å². The minimum Gasteiger partial charge on any atom is -0.507 e. The summed E-state index contributed by atoms with van der Waals surface area (Å²) in [7, 11) is 1.55. The smallest absolute Gasteiger partial charge is 0.232 e. The van der Waals surface area contributed by atoms with Crippen molar-refractivity contribution in [3.8, 4) is 34.2 Å². The van der Waals surface area contributed by atoms with Gasteiger partial charge in [-0.15, -0.1) is 0 Å². The summed E-state index contributed by atoms with van der Waals surface area (Å²) in [6.07, 6.45) is 2.84. The summed E-state index contributed by atoms with van der Waals surface area (Å²) in [6.45, 7) is 0. The van der Waals surface area contributed by atoms with Crippen LogP contribution < -0.4 is 5.43 Å². The van der Waals surface area contributed by atoms with E-state index < -0.39 is 26.0 Å². The van der Waals surface area contributed by atoms with Crippen LogP contribution in [0.15, 0.2) is 58.0 Å². The van der Waals surface area contributed by atoms with Crippen molar-refractivity contribution in [2.24, 2.45) is 0 Å². The molecule has 11 heteroatoms. The van der Waals surface area contributed by atoms with Crippen molar-refractivity contribution < 1.29 is 23.0 Å². The third-order valence-electron chi connectivity index (χ3n) is 4.66. The second kappa shape index (κ2) is 8.42. The van der Waals surface area contributed by atoms with Crippen LogP contribution in [0.5, 0.6) is 11.5 Å². The molecule has 0 saturated carbocycles. The molecule has 0 spiro atoms. The molecule has 0 saturated heterocycles. The Labute approximate surface area is 191 Å². The highest BCUT2D eigenvalue weighted by atomic mass is 35.7. The number of benzene rings is 2. The Morgan fingerprint density at radius 1 is 1.03 bits per heavy atom. The number of hydrogen-bond acceptors (Lipinski definition) is 8. The first-order valence-corrected chi connectivity index (χ1v) is 12.0. The topological polar surface area (TPSA) is 131 Å². The van der Waals surface area contributed by atoms with Crippen molar-refractivity contribution in [1.82, 2.24) is 9.97 Å². The zero-order chi connectivity index (χ0) is 23.0. The summed E-state index contributed by atoms with van der Waals surface area (Å²) in [6, 6.07) is 8.92.